The molecule has 2 aromatic carbocycles. The predicted molar refractivity (Wildman–Crippen MR) is 114 cm³/mol. The number of benzene rings is 2. The summed E-state index contributed by atoms with van der Waals surface area (Å²) >= 11 is 1.44. The van der Waals surface area contributed by atoms with Crippen molar-refractivity contribution in [3.63, 3.8) is 0 Å². The summed E-state index contributed by atoms with van der Waals surface area (Å²) in [7, 11) is 0. The van der Waals surface area contributed by atoms with Crippen LogP contribution in [0.4, 0.5) is 0 Å². The van der Waals surface area contributed by atoms with E-state index in [9.17, 15) is 4.79 Å². The number of hydrogen-bond acceptors (Lipinski definition) is 4. The number of amides is 1. The smallest absolute Gasteiger partial charge is 0.230 e. The van der Waals surface area contributed by atoms with Gasteiger partial charge in [-0.1, -0.05) is 66.4 Å². The highest BCUT2D eigenvalue weighted by Crippen LogP contribution is 2.18. The summed E-state index contributed by atoms with van der Waals surface area (Å²) in [6.07, 6.45) is 1.58. The molecule has 6 heteroatoms. The number of carbonyl (C=O) groups excluding carboxylic acids is 1. The molecule has 0 atom stereocenters. The summed E-state index contributed by atoms with van der Waals surface area (Å²) in [5.74, 6) is 1.29. The highest BCUT2D eigenvalue weighted by atomic mass is 32.2. The molecule has 3 aromatic rings. The van der Waals surface area contributed by atoms with Crippen molar-refractivity contribution in [2.75, 3.05) is 12.3 Å². The first-order valence-electron chi connectivity index (χ1n) is 9.57. The number of rotatable bonds is 9. The second-order valence-electron chi connectivity index (χ2n) is 6.62. The Labute approximate surface area is 170 Å². The third-order valence-corrected chi connectivity index (χ3v) is 5.59. The van der Waals surface area contributed by atoms with E-state index >= 15 is 0 Å². The average Bonchev–Trinajstić information content (AvgIpc) is 3.10. The van der Waals surface area contributed by atoms with Gasteiger partial charge >= 0.3 is 0 Å². The number of aromatic nitrogens is 3. The van der Waals surface area contributed by atoms with Crippen LogP contribution in [0.1, 0.15) is 29.4 Å². The third-order valence-electron chi connectivity index (χ3n) is 4.62. The highest BCUT2D eigenvalue weighted by molar-refractivity contribution is 7.99. The maximum atomic E-state index is 12.2. The van der Waals surface area contributed by atoms with Crippen LogP contribution in [0.25, 0.3) is 0 Å². The number of thioether (sulfide) groups is 1. The van der Waals surface area contributed by atoms with Gasteiger partial charge in [0.15, 0.2) is 5.16 Å². The monoisotopic (exact) mass is 394 g/mol. The number of hydrogen-bond donors (Lipinski definition) is 1. The van der Waals surface area contributed by atoms with Crippen molar-refractivity contribution in [3.05, 3.63) is 77.1 Å². The molecule has 0 saturated heterocycles. The summed E-state index contributed by atoms with van der Waals surface area (Å²) < 4.78 is 2.08. The van der Waals surface area contributed by atoms with E-state index in [1.807, 2.05) is 30.3 Å². The first-order valence-corrected chi connectivity index (χ1v) is 10.6. The molecule has 0 bridgehead atoms. The Hall–Kier alpha value is -2.60. The summed E-state index contributed by atoms with van der Waals surface area (Å²) in [5.41, 5.74) is 3.73. The minimum Gasteiger partial charge on any atom is -0.355 e. The van der Waals surface area contributed by atoms with Gasteiger partial charge in [-0.15, -0.1) is 10.2 Å². The van der Waals surface area contributed by atoms with E-state index in [4.69, 9.17) is 0 Å². The molecule has 0 fully saturated rings. The van der Waals surface area contributed by atoms with Gasteiger partial charge in [0.05, 0.1) is 5.75 Å². The Kier molecular flexibility index (Phi) is 7.25. The molecule has 1 aromatic heterocycles. The van der Waals surface area contributed by atoms with Crippen LogP contribution in [0, 0.1) is 6.92 Å². The SMILES string of the molecule is CCn1c(Cc2ccccc2)nnc1SCC(=O)NCCc1ccccc1C. The molecule has 0 spiro atoms. The van der Waals surface area contributed by atoms with Gasteiger partial charge in [-0.3, -0.25) is 4.79 Å². The molecule has 0 aliphatic carbocycles. The van der Waals surface area contributed by atoms with E-state index in [1.54, 1.807) is 0 Å². The first-order chi connectivity index (χ1) is 13.7. The molecule has 1 N–H and O–H groups in total. The van der Waals surface area contributed by atoms with Gasteiger partial charge in [0.25, 0.3) is 0 Å². The fourth-order valence-corrected chi connectivity index (χ4v) is 3.91. The Morgan fingerprint density at radius 1 is 1.07 bits per heavy atom. The van der Waals surface area contributed by atoms with Crippen LogP contribution >= 0.6 is 11.8 Å². The fourth-order valence-electron chi connectivity index (χ4n) is 3.06. The Balaban J connectivity index is 1.50. The molecule has 0 radical (unpaired) electrons. The molecule has 0 saturated carbocycles. The van der Waals surface area contributed by atoms with Crippen molar-refractivity contribution in [1.82, 2.24) is 20.1 Å². The van der Waals surface area contributed by atoms with Crippen LogP contribution in [-0.2, 0) is 24.2 Å². The molecule has 0 aliphatic heterocycles. The molecule has 1 amide bonds. The largest absolute Gasteiger partial charge is 0.355 e. The van der Waals surface area contributed by atoms with Gasteiger partial charge in [0.2, 0.25) is 5.91 Å². The lowest BCUT2D eigenvalue weighted by Gasteiger charge is -2.09. The van der Waals surface area contributed by atoms with Gasteiger partial charge in [0.1, 0.15) is 5.82 Å². The van der Waals surface area contributed by atoms with Crippen LogP contribution in [-0.4, -0.2) is 33.0 Å². The van der Waals surface area contributed by atoms with Gasteiger partial charge in [-0.05, 0) is 37.0 Å². The number of aryl methyl sites for hydroxylation is 1. The molecule has 5 nitrogen and oxygen atoms in total. The van der Waals surface area contributed by atoms with Crippen LogP contribution in [0.5, 0.6) is 0 Å². The van der Waals surface area contributed by atoms with Crippen molar-refractivity contribution < 1.29 is 4.79 Å². The van der Waals surface area contributed by atoms with Crippen LogP contribution < -0.4 is 5.32 Å². The number of nitrogens with zero attached hydrogens (tertiary/aromatic N) is 3. The van der Waals surface area contributed by atoms with E-state index in [2.05, 4.69) is 58.2 Å². The lowest BCUT2D eigenvalue weighted by atomic mass is 10.1. The van der Waals surface area contributed by atoms with Crippen molar-refractivity contribution in [1.29, 1.82) is 0 Å². The van der Waals surface area contributed by atoms with E-state index in [0.29, 0.717) is 12.3 Å². The number of nitrogens with one attached hydrogen (secondary N) is 1. The molecule has 28 heavy (non-hydrogen) atoms. The lowest BCUT2D eigenvalue weighted by molar-refractivity contribution is -0.118. The van der Waals surface area contributed by atoms with E-state index in [0.717, 1.165) is 30.4 Å². The topological polar surface area (TPSA) is 59.8 Å². The molecule has 0 unspecified atom stereocenters. The summed E-state index contributed by atoms with van der Waals surface area (Å²) in [5, 5.41) is 12.4. The fraction of sp³-hybridized carbons (Fsp3) is 0.318. The zero-order valence-electron chi connectivity index (χ0n) is 16.4. The normalized spacial score (nSPS) is 10.8. The van der Waals surface area contributed by atoms with E-state index in [1.165, 1.54) is 28.5 Å². The zero-order chi connectivity index (χ0) is 19.8. The van der Waals surface area contributed by atoms with Crippen molar-refractivity contribution in [2.45, 2.75) is 38.4 Å². The number of carbonyl (C=O) groups is 1. The zero-order valence-corrected chi connectivity index (χ0v) is 17.2. The third kappa shape index (κ3) is 5.45. The minimum absolute atomic E-state index is 0.0221. The van der Waals surface area contributed by atoms with Gasteiger partial charge in [0, 0.05) is 19.5 Å². The van der Waals surface area contributed by atoms with Crippen molar-refractivity contribution in [2.24, 2.45) is 0 Å². The summed E-state index contributed by atoms with van der Waals surface area (Å²) in [6, 6.07) is 18.5. The average molecular weight is 395 g/mol. The van der Waals surface area contributed by atoms with E-state index < -0.39 is 0 Å². The maximum absolute atomic E-state index is 12.2. The second kappa shape index (κ2) is 10.1. The predicted octanol–water partition coefficient (Wildman–Crippen LogP) is 3.65. The van der Waals surface area contributed by atoms with Gasteiger partial charge in [-0.25, -0.2) is 0 Å². The maximum Gasteiger partial charge on any atom is 0.230 e. The Morgan fingerprint density at radius 3 is 2.57 bits per heavy atom. The van der Waals surface area contributed by atoms with Crippen LogP contribution in [0.3, 0.4) is 0 Å². The van der Waals surface area contributed by atoms with Gasteiger partial charge < -0.3 is 9.88 Å². The molecule has 3 rings (SSSR count). The molecular weight excluding hydrogens is 368 g/mol. The van der Waals surface area contributed by atoms with Crippen molar-refractivity contribution >= 4 is 17.7 Å². The van der Waals surface area contributed by atoms with Gasteiger partial charge in [-0.2, -0.15) is 0 Å². The Bertz CT molecular complexity index is 908. The standard InChI is InChI=1S/C22H26N4OS/c1-3-26-20(15-18-10-5-4-6-11-18)24-25-22(26)28-16-21(27)23-14-13-19-12-8-7-9-17(19)2/h4-12H,3,13-16H2,1-2H3,(H,23,27). The highest BCUT2D eigenvalue weighted by Gasteiger charge is 2.13. The van der Waals surface area contributed by atoms with E-state index in [-0.39, 0.29) is 5.91 Å². The summed E-state index contributed by atoms with van der Waals surface area (Å²) in [4.78, 5) is 12.2. The quantitative estimate of drug-likeness (QED) is 0.563. The first kappa shape index (κ1) is 20.1. The molecule has 146 valence electrons. The van der Waals surface area contributed by atoms with Crippen LogP contribution in [0.2, 0.25) is 0 Å². The molecule has 1 heterocycles. The summed E-state index contributed by atoms with van der Waals surface area (Å²) in [6.45, 7) is 5.60. The Morgan fingerprint density at radius 2 is 1.82 bits per heavy atom. The molecule has 0 aliphatic rings. The van der Waals surface area contributed by atoms with Crippen LogP contribution in [0.15, 0.2) is 59.8 Å². The van der Waals surface area contributed by atoms with Crippen molar-refractivity contribution in [3.8, 4) is 0 Å². The second-order valence-corrected chi connectivity index (χ2v) is 7.56. The lowest BCUT2D eigenvalue weighted by Crippen LogP contribution is -2.27. The minimum atomic E-state index is 0.0221. The molecular formula is C22H26N4OS.